The van der Waals surface area contributed by atoms with Crippen molar-refractivity contribution >= 4 is 0 Å². The molecule has 1 N–H and O–H groups in total. The van der Waals surface area contributed by atoms with Crippen molar-refractivity contribution in [1.82, 2.24) is 10.2 Å². The molecule has 1 saturated heterocycles. The Balaban J connectivity index is 2.12. The molecule has 1 aliphatic heterocycles. The Bertz CT molecular complexity index is 185. The minimum absolute atomic E-state index is 0.317. The van der Waals surface area contributed by atoms with Crippen LogP contribution >= 0.6 is 0 Å². The fourth-order valence-corrected chi connectivity index (χ4v) is 2.09. The summed E-state index contributed by atoms with van der Waals surface area (Å²) in [5.74, 6) is 0. The van der Waals surface area contributed by atoms with Gasteiger partial charge in [-0.2, -0.15) is 0 Å². The van der Waals surface area contributed by atoms with Crippen LogP contribution in [0.2, 0.25) is 0 Å². The first kappa shape index (κ1) is 13.9. The molecule has 16 heavy (non-hydrogen) atoms. The van der Waals surface area contributed by atoms with Gasteiger partial charge in [-0.05, 0) is 33.4 Å². The zero-order valence-electron chi connectivity index (χ0n) is 11.3. The molecule has 0 spiro atoms. The Hall–Kier alpha value is -0.120. The van der Waals surface area contributed by atoms with Crippen LogP contribution in [0.15, 0.2) is 0 Å². The molecule has 0 bridgehead atoms. The highest BCUT2D eigenvalue weighted by Gasteiger charge is 2.19. The summed E-state index contributed by atoms with van der Waals surface area (Å²) in [4.78, 5) is 2.44. The van der Waals surface area contributed by atoms with E-state index in [1.54, 1.807) is 0 Å². The molecule has 2 unspecified atom stereocenters. The molecule has 3 heteroatoms. The first-order valence-corrected chi connectivity index (χ1v) is 6.65. The van der Waals surface area contributed by atoms with Gasteiger partial charge in [0.2, 0.25) is 0 Å². The van der Waals surface area contributed by atoms with Crippen molar-refractivity contribution in [1.29, 1.82) is 0 Å². The van der Waals surface area contributed by atoms with E-state index in [2.05, 4.69) is 38.0 Å². The van der Waals surface area contributed by atoms with Gasteiger partial charge in [0.15, 0.2) is 0 Å². The average Bonchev–Trinajstić information content (AvgIpc) is 2.25. The van der Waals surface area contributed by atoms with Gasteiger partial charge < -0.3 is 15.0 Å². The van der Waals surface area contributed by atoms with E-state index in [0.29, 0.717) is 18.2 Å². The summed E-state index contributed by atoms with van der Waals surface area (Å²) in [7, 11) is 2.21. The topological polar surface area (TPSA) is 24.5 Å². The van der Waals surface area contributed by atoms with E-state index >= 15 is 0 Å². The third-order valence-electron chi connectivity index (χ3n) is 3.31. The van der Waals surface area contributed by atoms with Crippen LogP contribution in [0.1, 0.15) is 40.0 Å². The SMILES string of the molecule is CC(C)NCC(C)OCC1CCCCN1C. The third-order valence-corrected chi connectivity index (χ3v) is 3.31. The normalized spacial score (nSPS) is 24.9. The highest BCUT2D eigenvalue weighted by atomic mass is 16.5. The summed E-state index contributed by atoms with van der Waals surface area (Å²) in [6.45, 7) is 9.56. The Morgan fingerprint density at radius 1 is 1.31 bits per heavy atom. The van der Waals surface area contributed by atoms with Crippen molar-refractivity contribution in [2.75, 3.05) is 26.7 Å². The number of hydrogen-bond acceptors (Lipinski definition) is 3. The summed E-state index contributed by atoms with van der Waals surface area (Å²) in [6.07, 6.45) is 4.31. The van der Waals surface area contributed by atoms with E-state index in [1.807, 2.05) is 0 Å². The second-order valence-electron chi connectivity index (χ2n) is 5.34. The van der Waals surface area contributed by atoms with Crippen LogP contribution in [0.25, 0.3) is 0 Å². The van der Waals surface area contributed by atoms with Crippen molar-refractivity contribution in [3.63, 3.8) is 0 Å². The van der Waals surface area contributed by atoms with Gasteiger partial charge in [0.25, 0.3) is 0 Å². The standard InChI is InChI=1S/C13H28N2O/c1-11(2)14-9-12(3)16-10-13-7-5-6-8-15(13)4/h11-14H,5-10H2,1-4H3. The number of likely N-dealkylation sites (tertiary alicyclic amines) is 1. The second-order valence-corrected chi connectivity index (χ2v) is 5.34. The van der Waals surface area contributed by atoms with Gasteiger partial charge in [0, 0.05) is 18.6 Å². The number of nitrogens with one attached hydrogen (secondary N) is 1. The molecule has 1 heterocycles. The second kappa shape index (κ2) is 7.25. The Labute approximate surface area is 101 Å². The van der Waals surface area contributed by atoms with Crippen molar-refractivity contribution < 1.29 is 4.74 Å². The Kier molecular flexibility index (Phi) is 6.32. The molecule has 0 radical (unpaired) electrons. The molecular weight excluding hydrogens is 200 g/mol. The summed E-state index contributed by atoms with van der Waals surface area (Å²) in [6, 6.07) is 1.18. The maximum Gasteiger partial charge on any atom is 0.0672 e. The van der Waals surface area contributed by atoms with Crippen molar-refractivity contribution in [3.05, 3.63) is 0 Å². The van der Waals surface area contributed by atoms with Crippen LogP contribution in [-0.4, -0.2) is 49.8 Å². The van der Waals surface area contributed by atoms with Crippen LogP contribution in [-0.2, 0) is 4.74 Å². The monoisotopic (exact) mass is 228 g/mol. The molecule has 0 aliphatic carbocycles. The van der Waals surface area contributed by atoms with Crippen LogP contribution < -0.4 is 5.32 Å². The largest absolute Gasteiger partial charge is 0.376 e. The molecule has 96 valence electrons. The van der Waals surface area contributed by atoms with E-state index in [9.17, 15) is 0 Å². The molecule has 0 aromatic carbocycles. The van der Waals surface area contributed by atoms with Crippen molar-refractivity contribution in [3.8, 4) is 0 Å². The first-order valence-electron chi connectivity index (χ1n) is 6.65. The lowest BCUT2D eigenvalue weighted by molar-refractivity contribution is 0.0119. The van der Waals surface area contributed by atoms with Crippen LogP contribution in [0.4, 0.5) is 0 Å². The lowest BCUT2D eigenvalue weighted by Crippen LogP contribution is -2.41. The predicted molar refractivity (Wildman–Crippen MR) is 68.8 cm³/mol. The fraction of sp³-hybridized carbons (Fsp3) is 1.00. The van der Waals surface area contributed by atoms with Gasteiger partial charge in [-0.3, -0.25) is 0 Å². The van der Waals surface area contributed by atoms with Crippen LogP contribution in [0.5, 0.6) is 0 Å². The van der Waals surface area contributed by atoms with E-state index in [1.165, 1.54) is 25.8 Å². The molecule has 1 rings (SSSR count). The van der Waals surface area contributed by atoms with Gasteiger partial charge in [-0.25, -0.2) is 0 Å². The third kappa shape index (κ3) is 5.28. The predicted octanol–water partition coefficient (Wildman–Crippen LogP) is 1.87. The van der Waals surface area contributed by atoms with Gasteiger partial charge in [0.05, 0.1) is 12.7 Å². The van der Waals surface area contributed by atoms with Crippen LogP contribution in [0.3, 0.4) is 0 Å². The lowest BCUT2D eigenvalue weighted by Gasteiger charge is -2.33. The highest BCUT2D eigenvalue weighted by Crippen LogP contribution is 2.15. The van der Waals surface area contributed by atoms with Crippen molar-refractivity contribution in [2.24, 2.45) is 0 Å². The van der Waals surface area contributed by atoms with E-state index in [4.69, 9.17) is 4.74 Å². The summed E-state index contributed by atoms with van der Waals surface area (Å²) >= 11 is 0. The number of piperidine rings is 1. The molecule has 1 aliphatic rings. The maximum absolute atomic E-state index is 5.90. The van der Waals surface area contributed by atoms with Gasteiger partial charge in [0.1, 0.15) is 0 Å². The first-order chi connectivity index (χ1) is 7.59. The lowest BCUT2D eigenvalue weighted by atomic mass is 10.0. The van der Waals surface area contributed by atoms with E-state index in [0.717, 1.165) is 13.2 Å². The van der Waals surface area contributed by atoms with Crippen molar-refractivity contribution in [2.45, 2.75) is 58.2 Å². The highest BCUT2D eigenvalue weighted by molar-refractivity contribution is 4.74. The average molecular weight is 228 g/mol. The van der Waals surface area contributed by atoms with E-state index < -0.39 is 0 Å². The number of likely N-dealkylation sites (N-methyl/N-ethyl adjacent to an activating group) is 1. The molecule has 1 fully saturated rings. The summed E-state index contributed by atoms with van der Waals surface area (Å²) in [5, 5.41) is 3.41. The minimum atomic E-state index is 0.317. The molecule has 3 nitrogen and oxygen atoms in total. The zero-order valence-corrected chi connectivity index (χ0v) is 11.3. The number of rotatable bonds is 6. The zero-order chi connectivity index (χ0) is 12.0. The quantitative estimate of drug-likeness (QED) is 0.751. The smallest absolute Gasteiger partial charge is 0.0672 e. The Morgan fingerprint density at radius 3 is 2.69 bits per heavy atom. The number of ether oxygens (including phenoxy) is 1. The summed E-state index contributed by atoms with van der Waals surface area (Å²) < 4.78 is 5.90. The molecule has 2 atom stereocenters. The molecular formula is C13H28N2O. The van der Waals surface area contributed by atoms with Crippen LogP contribution in [0, 0.1) is 0 Å². The fourth-order valence-electron chi connectivity index (χ4n) is 2.09. The number of hydrogen-bond donors (Lipinski definition) is 1. The molecule has 0 aromatic heterocycles. The Morgan fingerprint density at radius 2 is 2.06 bits per heavy atom. The van der Waals surface area contributed by atoms with Gasteiger partial charge in [-0.15, -0.1) is 0 Å². The summed E-state index contributed by atoms with van der Waals surface area (Å²) in [5.41, 5.74) is 0. The van der Waals surface area contributed by atoms with Gasteiger partial charge in [-0.1, -0.05) is 20.3 Å². The molecule has 0 amide bonds. The van der Waals surface area contributed by atoms with E-state index in [-0.39, 0.29) is 0 Å². The minimum Gasteiger partial charge on any atom is -0.376 e. The molecule has 0 saturated carbocycles. The number of nitrogens with zero attached hydrogens (tertiary/aromatic N) is 1. The van der Waals surface area contributed by atoms with Gasteiger partial charge >= 0.3 is 0 Å². The maximum atomic E-state index is 5.90. The molecule has 0 aromatic rings.